The Kier molecular flexibility index (Phi) is 5.94. The maximum Gasteiger partial charge on any atom is 0.255 e. The van der Waals surface area contributed by atoms with Crippen LogP contribution in [0.25, 0.3) is 0 Å². The monoisotopic (exact) mass is 370 g/mol. The summed E-state index contributed by atoms with van der Waals surface area (Å²) in [6.45, 7) is 2.90. The van der Waals surface area contributed by atoms with Crippen LogP contribution in [0.2, 0.25) is 5.02 Å². The normalized spacial score (nSPS) is 17.0. The fraction of sp³-hybridized carbons (Fsp3) is 0.333. The first-order valence-electron chi connectivity index (χ1n) is 9.06. The van der Waals surface area contributed by atoms with Crippen molar-refractivity contribution >= 4 is 29.1 Å². The molecule has 136 valence electrons. The van der Waals surface area contributed by atoms with Gasteiger partial charge in [0, 0.05) is 34.4 Å². The summed E-state index contributed by atoms with van der Waals surface area (Å²) in [6, 6.07) is 14.2. The van der Waals surface area contributed by atoms with E-state index in [2.05, 4.69) is 12.2 Å². The zero-order valence-corrected chi connectivity index (χ0v) is 15.6. The lowest BCUT2D eigenvalue weighted by atomic mass is 9.98. The fourth-order valence-corrected chi connectivity index (χ4v) is 3.61. The molecular weight excluding hydrogens is 348 g/mol. The number of likely N-dealkylation sites (tertiary alicyclic amines) is 1. The molecule has 1 saturated heterocycles. The van der Waals surface area contributed by atoms with Crippen LogP contribution < -0.4 is 5.32 Å². The highest BCUT2D eigenvalue weighted by Crippen LogP contribution is 2.22. The van der Waals surface area contributed by atoms with Gasteiger partial charge >= 0.3 is 0 Å². The molecule has 26 heavy (non-hydrogen) atoms. The molecule has 2 aromatic carbocycles. The number of amides is 2. The summed E-state index contributed by atoms with van der Waals surface area (Å²) in [6.07, 6.45) is 4.22. The second-order valence-electron chi connectivity index (χ2n) is 6.60. The molecule has 1 heterocycles. The van der Waals surface area contributed by atoms with Gasteiger partial charge in [-0.2, -0.15) is 0 Å². The number of hydrogen-bond donors (Lipinski definition) is 1. The van der Waals surface area contributed by atoms with E-state index in [9.17, 15) is 9.59 Å². The Morgan fingerprint density at radius 1 is 1.12 bits per heavy atom. The number of nitrogens with one attached hydrogen (secondary N) is 1. The minimum atomic E-state index is -0.257. The first-order valence-corrected chi connectivity index (χ1v) is 9.44. The van der Waals surface area contributed by atoms with E-state index in [0.29, 0.717) is 27.9 Å². The number of halogens is 1. The lowest BCUT2D eigenvalue weighted by Gasteiger charge is -2.35. The third-order valence-corrected chi connectivity index (χ3v) is 5.05. The molecule has 1 unspecified atom stereocenters. The van der Waals surface area contributed by atoms with Crippen molar-refractivity contribution in [3.63, 3.8) is 0 Å². The molecule has 4 nitrogen and oxygen atoms in total. The Bertz CT molecular complexity index is 806. The zero-order valence-electron chi connectivity index (χ0n) is 14.9. The molecule has 0 saturated carbocycles. The molecule has 1 fully saturated rings. The van der Waals surface area contributed by atoms with Crippen LogP contribution in [0.15, 0.2) is 48.5 Å². The maximum atomic E-state index is 12.9. The van der Waals surface area contributed by atoms with Crippen molar-refractivity contribution in [1.82, 2.24) is 4.90 Å². The van der Waals surface area contributed by atoms with E-state index in [4.69, 9.17) is 11.6 Å². The number of rotatable bonds is 4. The summed E-state index contributed by atoms with van der Waals surface area (Å²) in [5, 5.41) is 3.37. The van der Waals surface area contributed by atoms with Gasteiger partial charge in [0.2, 0.25) is 0 Å². The first kappa shape index (κ1) is 18.5. The zero-order chi connectivity index (χ0) is 18.5. The van der Waals surface area contributed by atoms with E-state index >= 15 is 0 Å². The van der Waals surface area contributed by atoms with Gasteiger partial charge in [0.15, 0.2) is 0 Å². The second-order valence-corrected chi connectivity index (χ2v) is 7.04. The van der Waals surface area contributed by atoms with Crippen molar-refractivity contribution in [2.75, 3.05) is 11.9 Å². The second kappa shape index (κ2) is 8.37. The van der Waals surface area contributed by atoms with E-state index in [1.807, 2.05) is 4.90 Å². The molecule has 3 rings (SSSR count). The summed E-state index contributed by atoms with van der Waals surface area (Å²) in [5.41, 5.74) is 1.64. The van der Waals surface area contributed by atoms with Crippen LogP contribution in [0.3, 0.4) is 0 Å². The third-order valence-electron chi connectivity index (χ3n) is 4.81. The molecule has 0 aliphatic carbocycles. The minimum absolute atomic E-state index is 0.00829. The molecule has 0 bridgehead atoms. The van der Waals surface area contributed by atoms with Crippen LogP contribution in [-0.2, 0) is 0 Å². The highest BCUT2D eigenvalue weighted by atomic mass is 35.5. The van der Waals surface area contributed by atoms with Gasteiger partial charge in [0.05, 0.1) is 0 Å². The topological polar surface area (TPSA) is 49.4 Å². The van der Waals surface area contributed by atoms with Crippen LogP contribution in [0.4, 0.5) is 5.69 Å². The first-order chi connectivity index (χ1) is 12.6. The van der Waals surface area contributed by atoms with Gasteiger partial charge < -0.3 is 10.2 Å². The smallest absolute Gasteiger partial charge is 0.255 e. The Labute approximate surface area is 159 Å². The SMILES string of the molecule is CCC1CCCCN1C(=O)c1cccc(C(=O)Nc2cccc(Cl)c2)c1. The van der Waals surface area contributed by atoms with E-state index in [1.165, 1.54) is 6.42 Å². The molecule has 0 spiro atoms. The van der Waals surface area contributed by atoms with Gasteiger partial charge in [-0.3, -0.25) is 9.59 Å². The van der Waals surface area contributed by atoms with Crippen molar-refractivity contribution in [3.8, 4) is 0 Å². The van der Waals surface area contributed by atoms with Crippen LogP contribution in [-0.4, -0.2) is 29.3 Å². The van der Waals surface area contributed by atoms with Crippen molar-refractivity contribution in [2.24, 2.45) is 0 Å². The Hall–Kier alpha value is -2.33. The lowest BCUT2D eigenvalue weighted by molar-refractivity contribution is 0.0608. The van der Waals surface area contributed by atoms with Gasteiger partial charge in [-0.15, -0.1) is 0 Å². The third kappa shape index (κ3) is 4.25. The maximum absolute atomic E-state index is 12.9. The average Bonchev–Trinajstić information content (AvgIpc) is 2.67. The van der Waals surface area contributed by atoms with Gasteiger partial charge in [-0.1, -0.05) is 30.7 Å². The molecule has 5 heteroatoms. The van der Waals surface area contributed by atoms with E-state index in [-0.39, 0.29) is 11.8 Å². The van der Waals surface area contributed by atoms with Crippen molar-refractivity contribution < 1.29 is 9.59 Å². The van der Waals surface area contributed by atoms with E-state index in [1.54, 1.807) is 48.5 Å². The summed E-state index contributed by atoms with van der Waals surface area (Å²) >= 11 is 5.95. The minimum Gasteiger partial charge on any atom is -0.336 e. The van der Waals surface area contributed by atoms with Gasteiger partial charge in [0.1, 0.15) is 0 Å². The predicted molar refractivity (Wildman–Crippen MR) is 105 cm³/mol. The van der Waals surface area contributed by atoms with Gasteiger partial charge in [0.25, 0.3) is 11.8 Å². The molecule has 0 radical (unpaired) electrons. The molecule has 2 aromatic rings. The fourth-order valence-electron chi connectivity index (χ4n) is 3.42. The van der Waals surface area contributed by atoms with Crippen LogP contribution >= 0.6 is 11.6 Å². The van der Waals surface area contributed by atoms with E-state index < -0.39 is 0 Å². The number of benzene rings is 2. The molecule has 2 amide bonds. The number of nitrogens with zero attached hydrogens (tertiary/aromatic N) is 1. The van der Waals surface area contributed by atoms with Crippen LogP contribution in [0.1, 0.15) is 53.3 Å². The van der Waals surface area contributed by atoms with Gasteiger partial charge in [-0.05, 0) is 62.1 Å². The number of carbonyl (C=O) groups excluding carboxylic acids is 2. The van der Waals surface area contributed by atoms with Crippen molar-refractivity contribution in [3.05, 3.63) is 64.7 Å². The largest absolute Gasteiger partial charge is 0.336 e. The van der Waals surface area contributed by atoms with E-state index in [0.717, 1.165) is 25.8 Å². The van der Waals surface area contributed by atoms with Crippen molar-refractivity contribution in [1.29, 1.82) is 0 Å². The summed E-state index contributed by atoms with van der Waals surface area (Å²) in [5.74, 6) is -0.249. The summed E-state index contributed by atoms with van der Waals surface area (Å²) in [7, 11) is 0. The highest BCUT2D eigenvalue weighted by molar-refractivity contribution is 6.31. The van der Waals surface area contributed by atoms with Crippen LogP contribution in [0, 0.1) is 0 Å². The lowest BCUT2D eigenvalue weighted by Crippen LogP contribution is -2.43. The molecule has 1 N–H and O–H groups in total. The standard InChI is InChI=1S/C21H23ClN2O2/c1-2-19-11-3-4-12-24(19)21(26)16-8-5-7-15(13-16)20(25)23-18-10-6-9-17(22)14-18/h5-10,13-14,19H,2-4,11-12H2,1H3,(H,23,25). The number of hydrogen-bond acceptors (Lipinski definition) is 2. The predicted octanol–water partition coefficient (Wildman–Crippen LogP) is 5.00. The molecule has 1 aliphatic heterocycles. The Morgan fingerprint density at radius 3 is 2.65 bits per heavy atom. The summed E-state index contributed by atoms with van der Waals surface area (Å²) < 4.78 is 0. The van der Waals surface area contributed by atoms with Crippen LogP contribution in [0.5, 0.6) is 0 Å². The van der Waals surface area contributed by atoms with Crippen molar-refractivity contribution in [2.45, 2.75) is 38.6 Å². The number of anilines is 1. The van der Waals surface area contributed by atoms with Gasteiger partial charge in [-0.25, -0.2) is 0 Å². The summed E-state index contributed by atoms with van der Waals surface area (Å²) in [4.78, 5) is 27.4. The Morgan fingerprint density at radius 2 is 1.88 bits per heavy atom. The average molecular weight is 371 g/mol. The molecule has 1 aliphatic rings. The molecule has 0 aromatic heterocycles. The number of carbonyl (C=O) groups is 2. The molecular formula is C21H23ClN2O2. The number of piperidine rings is 1. The molecule has 1 atom stereocenters. The highest BCUT2D eigenvalue weighted by Gasteiger charge is 2.26. The quantitative estimate of drug-likeness (QED) is 0.823. The Balaban J connectivity index is 1.77.